The van der Waals surface area contributed by atoms with Gasteiger partial charge in [0.25, 0.3) is 0 Å². The maximum Gasteiger partial charge on any atom is 0.330 e. The number of carboxylic acid groups (broad SMARTS) is 1. The number of carbonyl (C=O) groups excluding carboxylic acids is 1. The SMILES string of the molecule is CCCCCCCCCCCCCC=CC(=O)OCC(O)CO.CCCCCCCCCCCCCCCC(=O)O. The van der Waals surface area contributed by atoms with Gasteiger partial charge in [-0.3, -0.25) is 4.79 Å². The normalized spacial score (nSPS) is 11.8. The lowest BCUT2D eigenvalue weighted by Gasteiger charge is -2.06. The number of ether oxygens (including phenoxy) is 1. The fraction of sp³-hybridized carbons (Fsp3) is 0.886. The topological polar surface area (TPSA) is 104 Å². The quantitative estimate of drug-likeness (QED) is 0.0441. The molecule has 0 aliphatic heterocycles. The summed E-state index contributed by atoms with van der Waals surface area (Å²) in [5.41, 5.74) is 0. The van der Waals surface area contributed by atoms with Gasteiger partial charge in [0.2, 0.25) is 0 Å². The van der Waals surface area contributed by atoms with E-state index in [1.54, 1.807) is 0 Å². The van der Waals surface area contributed by atoms with Crippen LogP contribution in [0.5, 0.6) is 0 Å². The second-order valence-corrected chi connectivity index (χ2v) is 11.6. The standard InChI is InChI=1S/C19H36O4.C16H32O2/c1-2-3-4-5-6-7-8-9-10-11-12-13-14-15-19(22)23-17-18(21)16-20;1-2-3-4-5-6-7-8-9-10-11-12-13-14-15-16(17)18/h14-15,18,20-21H,2-13,16-17H2,1H3;2-15H2,1H3,(H,17,18). The van der Waals surface area contributed by atoms with Gasteiger partial charge in [0.15, 0.2) is 0 Å². The van der Waals surface area contributed by atoms with Crippen molar-refractivity contribution in [1.29, 1.82) is 0 Å². The van der Waals surface area contributed by atoms with Gasteiger partial charge in [-0.05, 0) is 19.3 Å². The molecular formula is C35H68O6. The molecule has 0 aliphatic rings. The summed E-state index contributed by atoms with van der Waals surface area (Å²) in [5, 5.41) is 26.1. The van der Waals surface area contributed by atoms with Gasteiger partial charge in [-0.25, -0.2) is 4.79 Å². The van der Waals surface area contributed by atoms with Crippen LogP contribution in [0.4, 0.5) is 0 Å². The van der Waals surface area contributed by atoms with Gasteiger partial charge < -0.3 is 20.1 Å². The fourth-order valence-corrected chi connectivity index (χ4v) is 4.68. The first-order chi connectivity index (χ1) is 20.0. The number of aliphatic hydroxyl groups excluding tert-OH is 2. The van der Waals surface area contributed by atoms with Gasteiger partial charge in [-0.2, -0.15) is 0 Å². The highest BCUT2D eigenvalue weighted by molar-refractivity contribution is 5.81. The van der Waals surface area contributed by atoms with Crippen LogP contribution in [-0.2, 0) is 14.3 Å². The predicted octanol–water partition coefficient (Wildman–Crippen LogP) is 9.69. The number of carbonyl (C=O) groups is 2. The van der Waals surface area contributed by atoms with Gasteiger partial charge in [-0.15, -0.1) is 0 Å². The lowest BCUT2D eigenvalue weighted by atomic mass is 10.0. The summed E-state index contributed by atoms with van der Waals surface area (Å²) in [6.07, 6.45) is 34.9. The summed E-state index contributed by atoms with van der Waals surface area (Å²) in [5.74, 6) is -1.11. The zero-order valence-corrected chi connectivity index (χ0v) is 27.1. The number of aliphatic hydroxyl groups is 2. The van der Waals surface area contributed by atoms with Crippen molar-refractivity contribution < 1.29 is 29.6 Å². The molecule has 0 fully saturated rings. The van der Waals surface area contributed by atoms with E-state index >= 15 is 0 Å². The third-order valence-electron chi connectivity index (χ3n) is 7.35. The number of esters is 1. The van der Waals surface area contributed by atoms with E-state index in [4.69, 9.17) is 20.1 Å². The molecule has 0 heterocycles. The molecular weight excluding hydrogens is 516 g/mol. The summed E-state index contributed by atoms with van der Waals surface area (Å²) in [4.78, 5) is 21.6. The van der Waals surface area contributed by atoms with Crippen molar-refractivity contribution in [3.8, 4) is 0 Å². The highest BCUT2D eigenvalue weighted by Crippen LogP contribution is 2.13. The van der Waals surface area contributed by atoms with Crippen LogP contribution in [-0.4, -0.2) is 46.6 Å². The van der Waals surface area contributed by atoms with E-state index in [-0.39, 0.29) is 6.61 Å². The van der Waals surface area contributed by atoms with Crippen molar-refractivity contribution in [2.75, 3.05) is 13.2 Å². The van der Waals surface area contributed by atoms with E-state index in [0.717, 1.165) is 25.7 Å². The van der Waals surface area contributed by atoms with Gasteiger partial charge in [0, 0.05) is 12.5 Å². The van der Waals surface area contributed by atoms with Gasteiger partial charge in [0.05, 0.1) is 6.61 Å². The minimum atomic E-state index is -0.987. The Bertz CT molecular complexity index is 563. The zero-order chi connectivity index (χ0) is 30.7. The molecule has 0 saturated heterocycles. The van der Waals surface area contributed by atoms with Crippen LogP contribution >= 0.6 is 0 Å². The molecule has 3 N–H and O–H groups in total. The number of hydrogen-bond acceptors (Lipinski definition) is 5. The van der Waals surface area contributed by atoms with E-state index in [0.29, 0.717) is 6.42 Å². The summed E-state index contributed by atoms with van der Waals surface area (Å²) in [7, 11) is 0. The summed E-state index contributed by atoms with van der Waals surface area (Å²) in [6, 6.07) is 0. The van der Waals surface area contributed by atoms with Crippen molar-refractivity contribution in [3.05, 3.63) is 12.2 Å². The molecule has 0 radical (unpaired) electrons. The Balaban J connectivity index is 0. The fourth-order valence-electron chi connectivity index (χ4n) is 4.68. The molecule has 1 atom stereocenters. The second kappa shape index (κ2) is 36.6. The number of aliphatic carboxylic acids is 1. The van der Waals surface area contributed by atoms with Crippen molar-refractivity contribution in [2.45, 2.75) is 187 Å². The molecule has 0 aromatic heterocycles. The number of allylic oxidation sites excluding steroid dienone is 1. The van der Waals surface area contributed by atoms with E-state index in [9.17, 15) is 9.59 Å². The summed E-state index contributed by atoms with van der Waals surface area (Å²) in [6.45, 7) is 3.96. The molecule has 0 aromatic rings. The Morgan fingerprint density at radius 3 is 1.34 bits per heavy atom. The van der Waals surface area contributed by atoms with E-state index in [1.807, 2.05) is 6.08 Å². The smallest absolute Gasteiger partial charge is 0.330 e. The monoisotopic (exact) mass is 585 g/mol. The number of carboxylic acids is 1. The molecule has 0 amide bonds. The average molecular weight is 585 g/mol. The number of hydrogen-bond donors (Lipinski definition) is 3. The molecule has 0 bridgehead atoms. The van der Waals surface area contributed by atoms with Crippen LogP contribution < -0.4 is 0 Å². The summed E-state index contributed by atoms with van der Waals surface area (Å²) < 4.78 is 4.77. The third-order valence-corrected chi connectivity index (χ3v) is 7.35. The molecule has 0 spiro atoms. The van der Waals surface area contributed by atoms with E-state index in [1.165, 1.54) is 141 Å². The Morgan fingerprint density at radius 2 is 0.976 bits per heavy atom. The van der Waals surface area contributed by atoms with Crippen LogP contribution in [0.2, 0.25) is 0 Å². The van der Waals surface area contributed by atoms with Gasteiger partial charge in [-0.1, -0.05) is 161 Å². The molecule has 0 aliphatic carbocycles. The maximum atomic E-state index is 11.3. The summed E-state index contributed by atoms with van der Waals surface area (Å²) >= 11 is 0. The molecule has 6 heteroatoms. The van der Waals surface area contributed by atoms with E-state index < -0.39 is 24.6 Å². The largest absolute Gasteiger partial charge is 0.481 e. The first-order valence-electron chi connectivity index (χ1n) is 17.3. The molecule has 41 heavy (non-hydrogen) atoms. The van der Waals surface area contributed by atoms with Crippen LogP contribution in [0, 0.1) is 0 Å². The van der Waals surface area contributed by atoms with Crippen molar-refractivity contribution >= 4 is 11.9 Å². The third kappa shape index (κ3) is 40.8. The molecule has 0 aromatic carbocycles. The Hall–Kier alpha value is -1.40. The second-order valence-electron chi connectivity index (χ2n) is 11.6. The Kier molecular flexibility index (Phi) is 37.3. The lowest BCUT2D eigenvalue weighted by Crippen LogP contribution is -2.21. The lowest BCUT2D eigenvalue weighted by molar-refractivity contribution is -0.141. The van der Waals surface area contributed by atoms with Crippen LogP contribution in [0.25, 0.3) is 0 Å². The predicted molar refractivity (Wildman–Crippen MR) is 172 cm³/mol. The number of unbranched alkanes of at least 4 members (excludes halogenated alkanes) is 23. The van der Waals surface area contributed by atoms with E-state index in [2.05, 4.69) is 13.8 Å². The minimum absolute atomic E-state index is 0.155. The minimum Gasteiger partial charge on any atom is -0.481 e. The average Bonchev–Trinajstić information content (AvgIpc) is 2.96. The maximum absolute atomic E-state index is 11.3. The highest BCUT2D eigenvalue weighted by Gasteiger charge is 2.04. The van der Waals surface area contributed by atoms with Crippen LogP contribution in [0.1, 0.15) is 181 Å². The Labute approximate surface area is 253 Å². The molecule has 244 valence electrons. The first-order valence-corrected chi connectivity index (χ1v) is 17.3. The Morgan fingerprint density at radius 1 is 0.610 bits per heavy atom. The molecule has 0 saturated carbocycles. The highest BCUT2D eigenvalue weighted by atomic mass is 16.5. The number of rotatable bonds is 30. The van der Waals surface area contributed by atoms with Crippen molar-refractivity contribution in [1.82, 2.24) is 0 Å². The van der Waals surface area contributed by atoms with Crippen molar-refractivity contribution in [2.24, 2.45) is 0 Å². The van der Waals surface area contributed by atoms with Crippen molar-refractivity contribution in [3.63, 3.8) is 0 Å². The van der Waals surface area contributed by atoms with Gasteiger partial charge >= 0.3 is 11.9 Å². The van der Waals surface area contributed by atoms with Crippen LogP contribution in [0.15, 0.2) is 12.2 Å². The van der Waals surface area contributed by atoms with Crippen LogP contribution in [0.3, 0.4) is 0 Å². The molecule has 6 nitrogen and oxygen atoms in total. The molecule has 1 unspecified atom stereocenters. The molecule has 0 rings (SSSR count). The zero-order valence-electron chi connectivity index (χ0n) is 27.1. The first kappa shape index (κ1) is 41.7. The van der Waals surface area contributed by atoms with Gasteiger partial charge in [0.1, 0.15) is 12.7 Å².